The Morgan fingerprint density at radius 1 is 1.38 bits per heavy atom. The minimum Gasteiger partial charge on any atom is -0.315 e. The molecule has 0 radical (unpaired) electrons. The van der Waals surface area contributed by atoms with Gasteiger partial charge in [0.05, 0.1) is 0 Å². The van der Waals surface area contributed by atoms with Crippen LogP contribution in [-0.4, -0.2) is 56.9 Å². The summed E-state index contributed by atoms with van der Waals surface area (Å²) in [4.78, 5) is 3.30. The Morgan fingerprint density at radius 3 is 2.62 bits per heavy atom. The fourth-order valence-corrected chi connectivity index (χ4v) is 5.82. The van der Waals surface area contributed by atoms with Crippen LogP contribution in [0.25, 0.3) is 0 Å². The number of sulfonamides is 1. The van der Waals surface area contributed by atoms with Crippen LogP contribution in [0.1, 0.15) is 24.3 Å². The van der Waals surface area contributed by atoms with Crippen LogP contribution in [0.3, 0.4) is 0 Å². The average Bonchev–Trinajstić information content (AvgIpc) is 2.75. The van der Waals surface area contributed by atoms with Gasteiger partial charge in [0.1, 0.15) is 4.21 Å². The highest BCUT2D eigenvalue weighted by molar-refractivity contribution is 7.91. The topological polar surface area (TPSA) is 52.7 Å². The first-order valence-electron chi connectivity index (χ1n) is 7.14. The summed E-state index contributed by atoms with van der Waals surface area (Å²) in [6, 6.07) is 1.80. The van der Waals surface area contributed by atoms with Gasteiger partial charge in [0.2, 0.25) is 0 Å². The molecule has 2 rings (SSSR count). The number of hydrogen-bond donors (Lipinski definition) is 1. The second-order valence-corrected chi connectivity index (χ2v) is 9.58. The summed E-state index contributed by atoms with van der Waals surface area (Å²) in [5.41, 5.74) is 0.909. The maximum atomic E-state index is 12.8. The molecule has 1 N–H and O–H groups in total. The standard InChI is InChI=1S/C14H25N3O2S2/c1-11-8-13(20-12(11)9-15-4)21(18,19)17-7-6-16(5)14(2,3)10-17/h8,15H,6-7,9-10H2,1-5H3. The van der Waals surface area contributed by atoms with Crippen molar-refractivity contribution in [2.24, 2.45) is 0 Å². The van der Waals surface area contributed by atoms with Gasteiger partial charge in [0.15, 0.2) is 0 Å². The van der Waals surface area contributed by atoms with Gasteiger partial charge in [-0.05, 0) is 46.5 Å². The molecule has 1 aliphatic rings. The van der Waals surface area contributed by atoms with E-state index in [-0.39, 0.29) is 5.54 Å². The van der Waals surface area contributed by atoms with Crippen molar-refractivity contribution in [2.45, 2.75) is 37.1 Å². The third kappa shape index (κ3) is 3.32. The van der Waals surface area contributed by atoms with Crippen molar-refractivity contribution < 1.29 is 8.42 Å². The van der Waals surface area contributed by atoms with Crippen molar-refractivity contribution in [2.75, 3.05) is 33.7 Å². The number of piperazine rings is 1. The third-order valence-electron chi connectivity index (χ3n) is 4.21. The molecule has 1 fully saturated rings. The van der Waals surface area contributed by atoms with Gasteiger partial charge in [0.25, 0.3) is 10.0 Å². The Hall–Kier alpha value is -0.470. The summed E-state index contributed by atoms with van der Waals surface area (Å²) in [5, 5.41) is 3.08. The Morgan fingerprint density at radius 2 is 2.05 bits per heavy atom. The molecule has 21 heavy (non-hydrogen) atoms. The monoisotopic (exact) mass is 331 g/mol. The zero-order chi connectivity index (χ0) is 15.8. The van der Waals surface area contributed by atoms with Gasteiger partial charge in [-0.3, -0.25) is 4.90 Å². The normalized spacial score (nSPS) is 20.8. The van der Waals surface area contributed by atoms with Gasteiger partial charge >= 0.3 is 0 Å². The SMILES string of the molecule is CNCc1sc(S(=O)(=O)N2CCN(C)C(C)(C)C2)cc1C. The molecular formula is C14H25N3O2S2. The fraction of sp³-hybridized carbons (Fsp3) is 0.714. The number of nitrogens with zero attached hydrogens (tertiary/aromatic N) is 2. The van der Waals surface area contributed by atoms with Gasteiger partial charge in [0, 0.05) is 36.6 Å². The van der Waals surface area contributed by atoms with E-state index >= 15 is 0 Å². The second-order valence-electron chi connectivity index (χ2n) is 6.27. The molecule has 0 spiro atoms. The first kappa shape index (κ1) is 16.9. The molecule has 7 heteroatoms. The van der Waals surface area contributed by atoms with Gasteiger partial charge < -0.3 is 5.32 Å². The predicted octanol–water partition coefficient (Wildman–Crippen LogP) is 1.49. The van der Waals surface area contributed by atoms with E-state index in [2.05, 4.69) is 24.1 Å². The van der Waals surface area contributed by atoms with Crippen molar-refractivity contribution in [1.82, 2.24) is 14.5 Å². The van der Waals surface area contributed by atoms with Crippen LogP contribution in [0.4, 0.5) is 0 Å². The lowest BCUT2D eigenvalue weighted by Gasteiger charge is -2.44. The first-order valence-corrected chi connectivity index (χ1v) is 9.39. The highest BCUT2D eigenvalue weighted by Crippen LogP contribution is 2.31. The zero-order valence-corrected chi connectivity index (χ0v) is 15.1. The van der Waals surface area contributed by atoms with Crippen molar-refractivity contribution in [3.63, 3.8) is 0 Å². The summed E-state index contributed by atoms with van der Waals surface area (Å²) in [5.74, 6) is 0. The lowest BCUT2D eigenvalue weighted by atomic mass is 10.0. The van der Waals surface area contributed by atoms with Crippen LogP contribution in [0, 0.1) is 6.92 Å². The van der Waals surface area contributed by atoms with Crippen LogP contribution < -0.4 is 5.32 Å². The van der Waals surface area contributed by atoms with Gasteiger partial charge in [-0.15, -0.1) is 11.3 Å². The molecule has 2 heterocycles. The smallest absolute Gasteiger partial charge is 0.252 e. The highest BCUT2D eigenvalue weighted by Gasteiger charge is 2.37. The molecule has 1 aromatic rings. The molecule has 0 bridgehead atoms. The number of thiophene rings is 1. The van der Waals surface area contributed by atoms with Crippen LogP contribution in [0.5, 0.6) is 0 Å². The summed E-state index contributed by atoms with van der Waals surface area (Å²) in [6.07, 6.45) is 0. The molecule has 0 atom stereocenters. The van der Waals surface area contributed by atoms with E-state index in [1.54, 1.807) is 10.4 Å². The summed E-state index contributed by atoms with van der Waals surface area (Å²) >= 11 is 1.38. The first-order chi connectivity index (χ1) is 9.68. The molecular weight excluding hydrogens is 306 g/mol. The van der Waals surface area contributed by atoms with E-state index in [0.717, 1.165) is 17.0 Å². The van der Waals surface area contributed by atoms with Gasteiger partial charge in [-0.2, -0.15) is 4.31 Å². The minimum absolute atomic E-state index is 0.134. The Labute approximate surface area is 132 Å². The Balaban J connectivity index is 2.28. The van der Waals surface area contributed by atoms with Crippen molar-refractivity contribution >= 4 is 21.4 Å². The Bertz CT molecular complexity index is 608. The molecule has 0 amide bonds. The van der Waals surface area contributed by atoms with Crippen LogP contribution in [0.15, 0.2) is 10.3 Å². The quantitative estimate of drug-likeness (QED) is 0.908. The van der Waals surface area contributed by atoms with E-state index in [9.17, 15) is 8.42 Å². The molecule has 0 aliphatic carbocycles. The van der Waals surface area contributed by atoms with Crippen molar-refractivity contribution in [1.29, 1.82) is 0 Å². The average molecular weight is 332 g/mol. The lowest BCUT2D eigenvalue weighted by Crippen LogP contribution is -2.58. The van der Waals surface area contributed by atoms with Gasteiger partial charge in [-0.25, -0.2) is 8.42 Å². The summed E-state index contributed by atoms with van der Waals surface area (Å²) in [6.45, 7) is 8.70. The number of rotatable bonds is 4. The number of nitrogens with one attached hydrogen (secondary N) is 1. The molecule has 0 aromatic carbocycles. The number of hydrogen-bond acceptors (Lipinski definition) is 5. The number of aryl methyl sites for hydroxylation is 1. The molecule has 0 unspecified atom stereocenters. The van der Waals surface area contributed by atoms with Crippen LogP contribution >= 0.6 is 11.3 Å². The van der Waals surface area contributed by atoms with E-state index in [1.807, 2.05) is 21.0 Å². The maximum absolute atomic E-state index is 12.8. The highest BCUT2D eigenvalue weighted by atomic mass is 32.2. The fourth-order valence-electron chi connectivity index (χ4n) is 2.48. The van der Waals surface area contributed by atoms with Crippen LogP contribution in [0.2, 0.25) is 0 Å². The van der Waals surface area contributed by atoms with Crippen LogP contribution in [-0.2, 0) is 16.6 Å². The van der Waals surface area contributed by atoms with E-state index < -0.39 is 10.0 Å². The summed E-state index contributed by atoms with van der Waals surface area (Å²) in [7, 11) is 0.538. The second kappa shape index (κ2) is 5.96. The van der Waals surface area contributed by atoms with E-state index in [4.69, 9.17) is 0 Å². The lowest BCUT2D eigenvalue weighted by molar-refractivity contribution is 0.0802. The minimum atomic E-state index is -3.38. The van der Waals surface area contributed by atoms with Gasteiger partial charge in [-0.1, -0.05) is 0 Å². The van der Waals surface area contributed by atoms with Crippen molar-refractivity contribution in [3.8, 4) is 0 Å². The zero-order valence-electron chi connectivity index (χ0n) is 13.4. The molecule has 1 aliphatic heterocycles. The largest absolute Gasteiger partial charge is 0.315 e. The van der Waals surface area contributed by atoms with Crippen molar-refractivity contribution in [3.05, 3.63) is 16.5 Å². The molecule has 5 nitrogen and oxygen atoms in total. The molecule has 1 aromatic heterocycles. The molecule has 0 saturated carbocycles. The van der Waals surface area contributed by atoms with E-state index in [1.165, 1.54) is 11.3 Å². The van der Waals surface area contributed by atoms with E-state index in [0.29, 0.717) is 23.8 Å². The Kier molecular flexibility index (Phi) is 4.80. The number of likely N-dealkylation sites (N-methyl/N-ethyl adjacent to an activating group) is 1. The maximum Gasteiger partial charge on any atom is 0.252 e. The molecule has 1 saturated heterocycles. The third-order valence-corrected chi connectivity index (χ3v) is 7.74. The molecule has 120 valence electrons. The summed E-state index contributed by atoms with van der Waals surface area (Å²) < 4.78 is 27.8. The predicted molar refractivity (Wildman–Crippen MR) is 87.3 cm³/mol.